The van der Waals surface area contributed by atoms with Crippen molar-refractivity contribution in [2.75, 3.05) is 18.4 Å². The highest BCUT2D eigenvalue weighted by atomic mass is 32.2. The minimum Gasteiger partial charge on any atom is -0.329 e. The average molecular weight is 313 g/mol. The number of carbonyl (C=O) groups is 1. The van der Waals surface area contributed by atoms with Gasteiger partial charge in [0.2, 0.25) is 15.9 Å². The maximum Gasteiger partial charge on any atom is 0.240 e. The topological polar surface area (TPSA) is 101 Å². The Bertz CT molecular complexity index is 571. The van der Waals surface area contributed by atoms with Crippen LogP contribution in [-0.4, -0.2) is 27.4 Å². The molecule has 0 saturated heterocycles. The molecular formula is C14H23N3O3S. The zero-order chi connectivity index (χ0) is 15.9. The van der Waals surface area contributed by atoms with E-state index in [-0.39, 0.29) is 23.9 Å². The summed E-state index contributed by atoms with van der Waals surface area (Å²) in [6, 6.07) is 6.17. The quantitative estimate of drug-likeness (QED) is 0.673. The molecule has 0 heterocycles. The predicted octanol–water partition coefficient (Wildman–Crippen LogP) is 1.30. The molecule has 0 aliphatic heterocycles. The van der Waals surface area contributed by atoms with Crippen molar-refractivity contribution in [3.05, 3.63) is 24.3 Å². The van der Waals surface area contributed by atoms with E-state index in [1.165, 1.54) is 12.1 Å². The summed E-state index contributed by atoms with van der Waals surface area (Å²) < 4.78 is 26.3. The Morgan fingerprint density at radius 2 is 2.05 bits per heavy atom. The van der Waals surface area contributed by atoms with Gasteiger partial charge in [-0.3, -0.25) is 4.79 Å². The molecular weight excluding hydrogens is 290 g/mol. The number of hydrogen-bond donors (Lipinski definition) is 3. The number of nitrogens with two attached hydrogens (primary N) is 1. The second kappa shape index (κ2) is 8.11. The van der Waals surface area contributed by atoms with Crippen LogP contribution in [0.5, 0.6) is 0 Å². The van der Waals surface area contributed by atoms with E-state index in [0.717, 1.165) is 6.42 Å². The molecule has 0 saturated carbocycles. The Labute approximate surface area is 126 Å². The van der Waals surface area contributed by atoms with Gasteiger partial charge in [-0.15, -0.1) is 0 Å². The van der Waals surface area contributed by atoms with Gasteiger partial charge in [0.05, 0.1) is 4.90 Å². The summed E-state index contributed by atoms with van der Waals surface area (Å²) >= 11 is 0. The number of benzene rings is 1. The lowest BCUT2D eigenvalue weighted by Gasteiger charge is -2.09. The molecule has 1 aromatic carbocycles. The molecule has 0 fully saturated rings. The third-order valence-corrected chi connectivity index (χ3v) is 4.27. The van der Waals surface area contributed by atoms with Crippen LogP contribution >= 0.6 is 0 Å². The number of rotatable bonds is 8. The van der Waals surface area contributed by atoms with Gasteiger partial charge in [-0.05, 0) is 30.5 Å². The van der Waals surface area contributed by atoms with E-state index in [0.29, 0.717) is 18.0 Å². The zero-order valence-corrected chi connectivity index (χ0v) is 13.2. The van der Waals surface area contributed by atoms with E-state index in [4.69, 9.17) is 5.73 Å². The fourth-order valence-electron chi connectivity index (χ4n) is 1.66. The molecule has 0 aliphatic rings. The molecule has 0 atom stereocenters. The smallest absolute Gasteiger partial charge is 0.240 e. The fraction of sp³-hybridized carbons (Fsp3) is 0.500. The van der Waals surface area contributed by atoms with E-state index < -0.39 is 10.0 Å². The Morgan fingerprint density at radius 1 is 1.33 bits per heavy atom. The molecule has 7 heteroatoms. The Kier molecular flexibility index (Phi) is 6.80. The van der Waals surface area contributed by atoms with Gasteiger partial charge < -0.3 is 11.1 Å². The summed E-state index contributed by atoms with van der Waals surface area (Å²) in [5.41, 5.74) is 5.75. The molecule has 4 N–H and O–H groups in total. The van der Waals surface area contributed by atoms with E-state index >= 15 is 0 Å². The van der Waals surface area contributed by atoms with Crippen molar-refractivity contribution in [3.8, 4) is 0 Å². The Balaban J connectivity index is 2.74. The number of hydrogen-bond acceptors (Lipinski definition) is 4. The van der Waals surface area contributed by atoms with Crippen molar-refractivity contribution < 1.29 is 13.2 Å². The lowest BCUT2D eigenvalue weighted by molar-refractivity contribution is -0.116. The summed E-state index contributed by atoms with van der Waals surface area (Å²) in [5.74, 6) is 0.330. The van der Waals surface area contributed by atoms with Gasteiger partial charge in [0.25, 0.3) is 0 Å². The minimum absolute atomic E-state index is 0.109. The van der Waals surface area contributed by atoms with Gasteiger partial charge in [-0.25, -0.2) is 13.1 Å². The first-order chi connectivity index (χ1) is 9.85. The van der Waals surface area contributed by atoms with E-state index in [1.807, 2.05) is 13.8 Å². The van der Waals surface area contributed by atoms with Crippen LogP contribution in [0.3, 0.4) is 0 Å². The van der Waals surface area contributed by atoms with Gasteiger partial charge in [-0.1, -0.05) is 19.9 Å². The number of nitrogens with one attached hydrogen (secondary N) is 2. The first-order valence-corrected chi connectivity index (χ1v) is 8.43. The molecule has 1 rings (SSSR count). The minimum atomic E-state index is -3.59. The van der Waals surface area contributed by atoms with Crippen LogP contribution in [0.25, 0.3) is 0 Å². The molecule has 0 radical (unpaired) electrons. The second-order valence-corrected chi connectivity index (χ2v) is 6.96. The summed E-state index contributed by atoms with van der Waals surface area (Å²) in [7, 11) is -3.59. The average Bonchev–Trinajstić information content (AvgIpc) is 2.43. The Hall–Kier alpha value is -1.44. The van der Waals surface area contributed by atoms with Crippen LogP contribution in [0.15, 0.2) is 29.2 Å². The predicted molar refractivity (Wildman–Crippen MR) is 83.4 cm³/mol. The molecule has 0 unspecified atom stereocenters. The number of sulfonamides is 1. The normalized spacial score (nSPS) is 11.6. The van der Waals surface area contributed by atoms with Gasteiger partial charge in [-0.2, -0.15) is 0 Å². The summed E-state index contributed by atoms with van der Waals surface area (Å²) in [6.45, 7) is 4.49. The molecule has 0 aliphatic carbocycles. The molecule has 118 valence electrons. The SMILES string of the molecule is CC(C)CCC(=O)Nc1cccc(S(=O)(=O)NCCN)c1. The van der Waals surface area contributed by atoms with Gasteiger partial charge in [0.15, 0.2) is 0 Å². The van der Waals surface area contributed by atoms with Gasteiger partial charge in [0, 0.05) is 25.2 Å². The first kappa shape index (κ1) is 17.6. The van der Waals surface area contributed by atoms with Crippen molar-refractivity contribution >= 4 is 21.6 Å². The Morgan fingerprint density at radius 3 is 2.67 bits per heavy atom. The second-order valence-electron chi connectivity index (χ2n) is 5.19. The van der Waals surface area contributed by atoms with Gasteiger partial charge >= 0.3 is 0 Å². The molecule has 1 amide bonds. The zero-order valence-electron chi connectivity index (χ0n) is 12.4. The first-order valence-electron chi connectivity index (χ1n) is 6.95. The third kappa shape index (κ3) is 6.24. The lowest BCUT2D eigenvalue weighted by Crippen LogP contribution is -2.29. The maximum atomic E-state index is 12.0. The van der Waals surface area contributed by atoms with E-state index in [9.17, 15) is 13.2 Å². The monoisotopic (exact) mass is 313 g/mol. The van der Waals surface area contributed by atoms with Crippen molar-refractivity contribution in [1.82, 2.24) is 4.72 Å². The standard InChI is InChI=1S/C14H23N3O3S/c1-11(2)6-7-14(18)17-12-4-3-5-13(10-12)21(19,20)16-9-8-15/h3-5,10-11,16H,6-9,15H2,1-2H3,(H,17,18). The highest BCUT2D eigenvalue weighted by molar-refractivity contribution is 7.89. The molecule has 0 bridgehead atoms. The van der Waals surface area contributed by atoms with Crippen LogP contribution < -0.4 is 15.8 Å². The molecule has 0 aromatic heterocycles. The fourth-order valence-corrected chi connectivity index (χ4v) is 2.75. The van der Waals surface area contributed by atoms with Crippen molar-refractivity contribution in [3.63, 3.8) is 0 Å². The summed E-state index contributed by atoms with van der Waals surface area (Å²) in [6.07, 6.45) is 1.21. The van der Waals surface area contributed by atoms with Crippen molar-refractivity contribution in [2.45, 2.75) is 31.6 Å². The van der Waals surface area contributed by atoms with Crippen LogP contribution in [0, 0.1) is 5.92 Å². The van der Waals surface area contributed by atoms with E-state index in [2.05, 4.69) is 10.0 Å². The molecule has 1 aromatic rings. The van der Waals surface area contributed by atoms with Crippen molar-refractivity contribution in [1.29, 1.82) is 0 Å². The van der Waals surface area contributed by atoms with Crippen LogP contribution in [-0.2, 0) is 14.8 Å². The number of anilines is 1. The van der Waals surface area contributed by atoms with Crippen LogP contribution in [0.4, 0.5) is 5.69 Å². The van der Waals surface area contributed by atoms with Crippen LogP contribution in [0.1, 0.15) is 26.7 Å². The highest BCUT2D eigenvalue weighted by Crippen LogP contribution is 2.16. The highest BCUT2D eigenvalue weighted by Gasteiger charge is 2.14. The molecule has 6 nitrogen and oxygen atoms in total. The third-order valence-electron chi connectivity index (χ3n) is 2.81. The number of carbonyl (C=O) groups excluding carboxylic acids is 1. The van der Waals surface area contributed by atoms with Crippen molar-refractivity contribution in [2.24, 2.45) is 11.7 Å². The van der Waals surface area contributed by atoms with E-state index in [1.54, 1.807) is 12.1 Å². The molecule has 21 heavy (non-hydrogen) atoms. The summed E-state index contributed by atoms with van der Waals surface area (Å²) in [4.78, 5) is 11.9. The number of amides is 1. The molecule has 0 spiro atoms. The lowest BCUT2D eigenvalue weighted by atomic mass is 10.1. The maximum absolute atomic E-state index is 12.0. The van der Waals surface area contributed by atoms with Crippen LogP contribution in [0.2, 0.25) is 0 Å². The summed E-state index contributed by atoms with van der Waals surface area (Å²) in [5, 5.41) is 2.71. The van der Waals surface area contributed by atoms with Gasteiger partial charge in [0.1, 0.15) is 0 Å². The largest absolute Gasteiger partial charge is 0.329 e.